The van der Waals surface area contributed by atoms with Gasteiger partial charge in [-0.2, -0.15) is 0 Å². The van der Waals surface area contributed by atoms with Crippen LogP contribution in [0.15, 0.2) is 54.6 Å². The maximum Gasteiger partial charge on any atom is 0.263 e. The zero-order chi connectivity index (χ0) is 18.6. The summed E-state index contributed by atoms with van der Waals surface area (Å²) in [4.78, 5) is 29.4. The van der Waals surface area contributed by atoms with Crippen LogP contribution in [0.2, 0.25) is 0 Å². The Hall–Kier alpha value is -2.99. The normalized spacial score (nSPS) is 13.4. The minimum atomic E-state index is -0.133. The Balaban J connectivity index is 1.41. The van der Waals surface area contributed by atoms with Crippen LogP contribution in [-0.2, 0) is 17.6 Å². The number of fused-ring (bicyclic) bond motifs is 1. The first kappa shape index (κ1) is 17.4. The van der Waals surface area contributed by atoms with E-state index in [1.165, 1.54) is 11.3 Å². The molecule has 5 nitrogen and oxygen atoms in total. The highest BCUT2D eigenvalue weighted by molar-refractivity contribution is 7.17. The number of rotatable bonds is 4. The molecule has 136 valence electrons. The first-order chi connectivity index (χ1) is 13.2. The lowest BCUT2D eigenvalue weighted by atomic mass is 10.0. The van der Waals surface area contributed by atoms with Crippen LogP contribution in [0.1, 0.15) is 27.3 Å². The molecule has 2 amide bonds. The summed E-state index contributed by atoms with van der Waals surface area (Å²) < 4.78 is 0. The number of anilines is 1. The van der Waals surface area contributed by atoms with E-state index >= 15 is 0 Å². The van der Waals surface area contributed by atoms with E-state index in [0.29, 0.717) is 16.6 Å². The van der Waals surface area contributed by atoms with Crippen molar-refractivity contribution in [3.63, 3.8) is 0 Å². The molecule has 0 fully saturated rings. The minimum Gasteiger partial charge on any atom is -0.351 e. The number of nitrogens with zero attached hydrogens (tertiary/aromatic N) is 1. The lowest BCUT2D eigenvalue weighted by molar-refractivity contribution is -0.115. The number of hydrogen-bond acceptors (Lipinski definition) is 4. The molecule has 0 saturated carbocycles. The van der Waals surface area contributed by atoms with Gasteiger partial charge in [0.05, 0.1) is 12.1 Å². The molecule has 0 unspecified atom stereocenters. The lowest BCUT2D eigenvalue weighted by Crippen LogP contribution is -2.21. The number of nitrogens with one attached hydrogen (secondary N) is 2. The standard InChI is InChI=1S/C21H19N3O2S/c25-18(24-21-23-17-7-4-12-22-20(26)19(17)27-21)13-14-8-10-16(11-9-14)15-5-2-1-3-6-15/h1-3,5-6,8-11H,4,7,12-13H2,(H,22,26)(H,23,24,25). The first-order valence-electron chi connectivity index (χ1n) is 8.91. The fourth-order valence-electron chi connectivity index (χ4n) is 3.08. The zero-order valence-corrected chi connectivity index (χ0v) is 15.5. The smallest absolute Gasteiger partial charge is 0.263 e. The molecule has 6 heteroatoms. The van der Waals surface area contributed by atoms with Gasteiger partial charge in [0.25, 0.3) is 5.91 Å². The van der Waals surface area contributed by atoms with Crippen LogP contribution in [0, 0.1) is 0 Å². The number of aryl methyl sites for hydroxylation is 1. The molecule has 2 N–H and O–H groups in total. The Morgan fingerprint density at radius 1 is 1.07 bits per heavy atom. The highest BCUT2D eigenvalue weighted by Gasteiger charge is 2.21. The van der Waals surface area contributed by atoms with Gasteiger partial charge in [0.2, 0.25) is 5.91 Å². The Morgan fingerprint density at radius 2 is 1.81 bits per heavy atom. The van der Waals surface area contributed by atoms with E-state index < -0.39 is 0 Å². The van der Waals surface area contributed by atoms with Crippen molar-refractivity contribution in [1.82, 2.24) is 10.3 Å². The summed E-state index contributed by atoms with van der Waals surface area (Å²) >= 11 is 1.24. The predicted molar refractivity (Wildman–Crippen MR) is 107 cm³/mol. The van der Waals surface area contributed by atoms with Gasteiger partial charge in [-0.3, -0.25) is 9.59 Å². The van der Waals surface area contributed by atoms with Gasteiger partial charge in [-0.15, -0.1) is 0 Å². The summed E-state index contributed by atoms with van der Waals surface area (Å²) in [6, 6.07) is 18.1. The van der Waals surface area contributed by atoms with E-state index in [2.05, 4.69) is 27.8 Å². The van der Waals surface area contributed by atoms with Gasteiger partial charge in [-0.1, -0.05) is 65.9 Å². The fraction of sp³-hybridized carbons (Fsp3) is 0.190. The van der Waals surface area contributed by atoms with E-state index in [9.17, 15) is 9.59 Å². The van der Waals surface area contributed by atoms with Gasteiger partial charge in [-0.05, 0) is 29.5 Å². The third kappa shape index (κ3) is 4.06. The van der Waals surface area contributed by atoms with Crippen LogP contribution in [0.4, 0.5) is 5.13 Å². The number of thiazole rings is 1. The summed E-state index contributed by atoms with van der Waals surface area (Å²) in [5.74, 6) is -0.233. The van der Waals surface area contributed by atoms with Crippen LogP contribution in [-0.4, -0.2) is 23.3 Å². The third-order valence-electron chi connectivity index (χ3n) is 4.45. The molecule has 0 aliphatic carbocycles. The van der Waals surface area contributed by atoms with E-state index in [1.807, 2.05) is 42.5 Å². The summed E-state index contributed by atoms with van der Waals surface area (Å²) in [6.07, 6.45) is 1.89. The topological polar surface area (TPSA) is 71.1 Å². The van der Waals surface area contributed by atoms with Crippen molar-refractivity contribution in [2.24, 2.45) is 0 Å². The third-order valence-corrected chi connectivity index (χ3v) is 5.46. The maximum absolute atomic E-state index is 12.4. The fourth-order valence-corrected chi connectivity index (χ4v) is 4.03. The Kier molecular flexibility index (Phi) is 4.98. The second-order valence-electron chi connectivity index (χ2n) is 6.44. The van der Waals surface area contributed by atoms with Crippen LogP contribution in [0.5, 0.6) is 0 Å². The zero-order valence-electron chi connectivity index (χ0n) is 14.7. The molecule has 1 aliphatic rings. The summed E-state index contributed by atoms with van der Waals surface area (Å²) in [6.45, 7) is 0.669. The molecule has 0 radical (unpaired) electrons. The average molecular weight is 377 g/mol. The van der Waals surface area contributed by atoms with Gasteiger partial charge in [-0.25, -0.2) is 4.98 Å². The van der Waals surface area contributed by atoms with Crippen molar-refractivity contribution in [3.8, 4) is 11.1 Å². The summed E-state index contributed by atoms with van der Waals surface area (Å²) in [5.41, 5.74) is 3.98. The molecule has 1 aromatic heterocycles. The van der Waals surface area contributed by atoms with Crippen molar-refractivity contribution >= 4 is 28.3 Å². The van der Waals surface area contributed by atoms with Crippen molar-refractivity contribution in [1.29, 1.82) is 0 Å². The predicted octanol–water partition coefficient (Wildman–Crippen LogP) is 3.67. The van der Waals surface area contributed by atoms with E-state index in [4.69, 9.17) is 0 Å². The van der Waals surface area contributed by atoms with Gasteiger partial charge >= 0.3 is 0 Å². The van der Waals surface area contributed by atoms with Crippen LogP contribution < -0.4 is 10.6 Å². The molecule has 4 rings (SSSR count). The van der Waals surface area contributed by atoms with E-state index in [0.717, 1.165) is 35.2 Å². The van der Waals surface area contributed by atoms with Crippen LogP contribution >= 0.6 is 11.3 Å². The number of carbonyl (C=O) groups is 2. The Labute approximate surface area is 161 Å². The van der Waals surface area contributed by atoms with Crippen molar-refractivity contribution in [2.75, 3.05) is 11.9 Å². The number of amides is 2. The minimum absolute atomic E-state index is 0.100. The number of aromatic nitrogens is 1. The van der Waals surface area contributed by atoms with Crippen molar-refractivity contribution < 1.29 is 9.59 Å². The molecular formula is C21H19N3O2S. The molecule has 3 aromatic rings. The molecule has 0 atom stereocenters. The van der Waals surface area contributed by atoms with Gasteiger partial charge < -0.3 is 10.6 Å². The van der Waals surface area contributed by atoms with E-state index in [-0.39, 0.29) is 18.2 Å². The van der Waals surface area contributed by atoms with Crippen LogP contribution in [0.3, 0.4) is 0 Å². The first-order valence-corrected chi connectivity index (χ1v) is 9.73. The second kappa shape index (κ2) is 7.72. The summed E-state index contributed by atoms with van der Waals surface area (Å²) in [7, 11) is 0. The monoisotopic (exact) mass is 377 g/mol. The van der Waals surface area contributed by atoms with Crippen molar-refractivity contribution in [2.45, 2.75) is 19.3 Å². The molecule has 1 aliphatic heterocycles. The molecule has 27 heavy (non-hydrogen) atoms. The molecular weight excluding hydrogens is 358 g/mol. The number of hydrogen-bond donors (Lipinski definition) is 2. The number of benzene rings is 2. The summed E-state index contributed by atoms with van der Waals surface area (Å²) in [5, 5.41) is 6.16. The second-order valence-corrected chi connectivity index (χ2v) is 7.44. The SMILES string of the molecule is O=C(Cc1ccc(-c2ccccc2)cc1)Nc1nc2c(s1)C(=O)NCCC2. The lowest BCUT2D eigenvalue weighted by Gasteiger charge is -2.05. The Bertz CT molecular complexity index is 965. The highest BCUT2D eigenvalue weighted by Crippen LogP contribution is 2.26. The highest BCUT2D eigenvalue weighted by atomic mass is 32.1. The molecule has 2 heterocycles. The molecule has 0 spiro atoms. The largest absolute Gasteiger partial charge is 0.351 e. The maximum atomic E-state index is 12.4. The van der Waals surface area contributed by atoms with Crippen LogP contribution in [0.25, 0.3) is 11.1 Å². The molecule has 2 aromatic carbocycles. The van der Waals surface area contributed by atoms with Gasteiger partial charge in [0.1, 0.15) is 4.88 Å². The van der Waals surface area contributed by atoms with Crippen molar-refractivity contribution in [3.05, 3.63) is 70.7 Å². The van der Waals surface area contributed by atoms with Gasteiger partial charge in [0, 0.05) is 6.54 Å². The molecule has 0 saturated heterocycles. The molecule has 0 bridgehead atoms. The van der Waals surface area contributed by atoms with E-state index in [1.54, 1.807) is 0 Å². The van der Waals surface area contributed by atoms with Gasteiger partial charge in [0.15, 0.2) is 5.13 Å². The Morgan fingerprint density at radius 3 is 2.59 bits per heavy atom. The number of carbonyl (C=O) groups excluding carboxylic acids is 2. The average Bonchev–Trinajstić information content (AvgIpc) is 3.01. The quantitative estimate of drug-likeness (QED) is 0.729.